The molecular formula is C12H22N4. The first-order valence-electron chi connectivity index (χ1n) is 6.11. The van der Waals surface area contributed by atoms with Crippen LogP contribution in [0.3, 0.4) is 0 Å². The summed E-state index contributed by atoms with van der Waals surface area (Å²) in [5, 5.41) is 7.17. The van der Waals surface area contributed by atoms with E-state index in [0.29, 0.717) is 11.5 Å². The molecule has 0 saturated carbocycles. The molecular weight excluding hydrogens is 200 g/mol. The maximum absolute atomic E-state index is 4.41. The van der Waals surface area contributed by atoms with Crippen LogP contribution in [0.25, 0.3) is 0 Å². The highest BCUT2D eigenvalue weighted by atomic mass is 15.3. The van der Waals surface area contributed by atoms with Gasteiger partial charge >= 0.3 is 0 Å². The molecule has 0 bridgehead atoms. The Morgan fingerprint density at radius 1 is 1.31 bits per heavy atom. The maximum Gasteiger partial charge on any atom is 0.167 e. The minimum absolute atomic E-state index is 0.334. The topological polar surface area (TPSA) is 44.8 Å². The quantitative estimate of drug-likeness (QED) is 0.835. The van der Waals surface area contributed by atoms with Crippen LogP contribution >= 0.6 is 0 Å². The lowest BCUT2D eigenvalue weighted by molar-refractivity contribution is 0.0972. The Labute approximate surface area is 97.5 Å². The first-order chi connectivity index (χ1) is 7.48. The van der Waals surface area contributed by atoms with E-state index in [9.17, 15) is 0 Å². The lowest BCUT2D eigenvalue weighted by atomic mass is 9.82. The largest absolute Gasteiger partial charge is 0.294 e. The van der Waals surface area contributed by atoms with Crippen LogP contribution < -0.4 is 0 Å². The van der Waals surface area contributed by atoms with Gasteiger partial charge in [0.25, 0.3) is 0 Å². The van der Waals surface area contributed by atoms with Gasteiger partial charge in [-0.2, -0.15) is 5.10 Å². The van der Waals surface area contributed by atoms with E-state index in [1.807, 2.05) is 6.92 Å². The monoisotopic (exact) mass is 222 g/mol. The summed E-state index contributed by atoms with van der Waals surface area (Å²) in [5.74, 6) is 1.83. The van der Waals surface area contributed by atoms with Crippen molar-refractivity contribution in [1.82, 2.24) is 20.1 Å². The number of hydrogen-bond donors (Lipinski definition) is 1. The first kappa shape index (κ1) is 11.6. The van der Waals surface area contributed by atoms with E-state index in [4.69, 9.17) is 0 Å². The molecule has 2 heterocycles. The predicted octanol–water partition coefficient (Wildman–Crippen LogP) is 2.30. The molecule has 0 aromatic carbocycles. The molecule has 1 fully saturated rings. The molecule has 1 aliphatic heterocycles. The summed E-state index contributed by atoms with van der Waals surface area (Å²) in [7, 11) is 0. The highest BCUT2D eigenvalue weighted by Gasteiger charge is 2.29. The van der Waals surface area contributed by atoms with Gasteiger partial charge in [-0.05, 0) is 45.2 Å². The second kappa shape index (κ2) is 4.17. The van der Waals surface area contributed by atoms with E-state index in [1.54, 1.807) is 0 Å². The summed E-state index contributed by atoms with van der Waals surface area (Å²) in [6, 6.07) is 0.334. The summed E-state index contributed by atoms with van der Waals surface area (Å²) >= 11 is 0. The fourth-order valence-electron chi connectivity index (χ4n) is 2.23. The van der Waals surface area contributed by atoms with Crippen molar-refractivity contribution < 1.29 is 0 Å². The van der Waals surface area contributed by atoms with Crippen molar-refractivity contribution in [2.24, 2.45) is 5.41 Å². The van der Waals surface area contributed by atoms with Gasteiger partial charge in [0.05, 0.1) is 6.04 Å². The zero-order valence-electron chi connectivity index (χ0n) is 10.7. The highest BCUT2D eigenvalue weighted by Crippen LogP contribution is 2.32. The van der Waals surface area contributed by atoms with Gasteiger partial charge in [-0.25, -0.2) is 4.98 Å². The van der Waals surface area contributed by atoms with Crippen LogP contribution in [0.2, 0.25) is 0 Å². The number of aryl methyl sites for hydroxylation is 1. The Morgan fingerprint density at radius 2 is 1.94 bits per heavy atom. The van der Waals surface area contributed by atoms with Crippen molar-refractivity contribution in [1.29, 1.82) is 0 Å². The number of aromatic nitrogens is 3. The zero-order chi connectivity index (χ0) is 11.8. The second-order valence-corrected chi connectivity index (χ2v) is 5.66. The molecule has 1 N–H and O–H groups in total. The Hall–Kier alpha value is -0.900. The van der Waals surface area contributed by atoms with Gasteiger partial charge in [-0.15, -0.1) is 0 Å². The van der Waals surface area contributed by atoms with Crippen LogP contribution in [-0.2, 0) is 0 Å². The molecule has 90 valence electrons. The normalized spacial score (nSPS) is 23.2. The minimum atomic E-state index is 0.334. The van der Waals surface area contributed by atoms with Crippen LogP contribution in [0, 0.1) is 12.3 Å². The third-order valence-corrected chi connectivity index (χ3v) is 3.69. The maximum atomic E-state index is 4.41. The number of likely N-dealkylation sites (tertiary alicyclic amines) is 1. The number of piperidine rings is 1. The van der Waals surface area contributed by atoms with Gasteiger partial charge < -0.3 is 0 Å². The molecule has 1 saturated heterocycles. The number of hydrogen-bond acceptors (Lipinski definition) is 3. The van der Waals surface area contributed by atoms with Gasteiger partial charge in [0, 0.05) is 0 Å². The van der Waals surface area contributed by atoms with Crippen LogP contribution in [0.4, 0.5) is 0 Å². The van der Waals surface area contributed by atoms with Gasteiger partial charge in [-0.1, -0.05) is 13.8 Å². The molecule has 0 radical (unpaired) electrons. The molecule has 1 atom stereocenters. The third-order valence-electron chi connectivity index (χ3n) is 3.69. The molecule has 0 spiro atoms. The number of rotatable bonds is 2. The smallest absolute Gasteiger partial charge is 0.167 e. The van der Waals surface area contributed by atoms with Crippen molar-refractivity contribution in [2.75, 3.05) is 13.1 Å². The summed E-state index contributed by atoms with van der Waals surface area (Å²) < 4.78 is 0. The Balaban J connectivity index is 1.99. The summed E-state index contributed by atoms with van der Waals surface area (Å²) in [6.07, 6.45) is 2.53. The van der Waals surface area contributed by atoms with Crippen LogP contribution in [0.1, 0.15) is 51.3 Å². The van der Waals surface area contributed by atoms with Crippen LogP contribution in [0.15, 0.2) is 0 Å². The molecule has 4 heteroatoms. The molecule has 1 aliphatic rings. The average molecular weight is 222 g/mol. The Bertz CT molecular complexity index is 346. The number of nitrogens with zero attached hydrogens (tertiary/aromatic N) is 3. The van der Waals surface area contributed by atoms with Gasteiger partial charge in [0.1, 0.15) is 5.82 Å². The number of nitrogens with one attached hydrogen (secondary N) is 1. The Morgan fingerprint density at radius 3 is 2.44 bits per heavy atom. The molecule has 0 aliphatic carbocycles. The molecule has 1 unspecified atom stereocenters. The first-order valence-corrected chi connectivity index (χ1v) is 6.11. The SMILES string of the molecule is Cc1nc(C(C)N2CCC(C)(C)CC2)n[nH]1. The summed E-state index contributed by atoms with van der Waals surface area (Å²) in [4.78, 5) is 6.89. The van der Waals surface area contributed by atoms with Crippen molar-refractivity contribution in [2.45, 2.75) is 46.6 Å². The molecule has 1 aromatic heterocycles. The lowest BCUT2D eigenvalue weighted by Crippen LogP contribution is -2.39. The van der Waals surface area contributed by atoms with E-state index in [1.165, 1.54) is 12.8 Å². The molecule has 4 nitrogen and oxygen atoms in total. The molecule has 16 heavy (non-hydrogen) atoms. The molecule has 0 amide bonds. The van der Waals surface area contributed by atoms with Crippen molar-refractivity contribution in [3.05, 3.63) is 11.6 Å². The zero-order valence-corrected chi connectivity index (χ0v) is 10.7. The molecule has 2 rings (SSSR count). The standard InChI is InChI=1S/C12H22N4/c1-9(11-13-10(2)14-15-11)16-7-5-12(3,4)6-8-16/h9H,5-8H2,1-4H3,(H,13,14,15). The lowest BCUT2D eigenvalue weighted by Gasteiger charge is -2.39. The second-order valence-electron chi connectivity index (χ2n) is 5.66. The number of aromatic amines is 1. The van der Waals surface area contributed by atoms with E-state index < -0.39 is 0 Å². The van der Waals surface area contributed by atoms with Crippen molar-refractivity contribution >= 4 is 0 Å². The van der Waals surface area contributed by atoms with Crippen molar-refractivity contribution in [3.63, 3.8) is 0 Å². The predicted molar refractivity (Wildman–Crippen MR) is 64.1 cm³/mol. The van der Waals surface area contributed by atoms with Crippen molar-refractivity contribution in [3.8, 4) is 0 Å². The summed E-state index contributed by atoms with van der Waals surface area (Å²) in [5.41, 5.74) is 0.505. The van der Waals surface area contributed by atoms with Crippen LogP contribution in [-0.4, -0.2) is 33.2 Å². The van der Waals surface area contributed by atoms with E-state index in [2.05, 4.69) is 40.9 Å². The van der Waals surface area contributed by atoms with E-state index in [0.717, 1.165) is 24.7 Å². The van der Waals surface area contributed by atoms with Crippen LogP contribution in [0.5, 0.6) is 0 Å². The molecule has 1 aromatic rings. The summed E-state index contributed by atoms with van der Waals surface area (Å²) in [6.45, 7) is 11.2. The van der Waals surface area contributed by atoms with E-state index in [-0.39, 0.29) is 0 Å². The minimum Gasteiger partial charge on any atom is -0.294 e. The Kier molecular flexibility index (Phi) is 3.02. The van der Waals surface area contributed by atoms with E-state index >= 15 is 0 Å². The fourth-order valence-corrected chi connectivity index (χ4v) is 2.23. The van der Waals surface area contributed by atoms with Gasteiger partial charge in [0.15, 0.2) is 5.82 Å². The third kappa shape index (κ3) is 2.43. The average Bonchev–Trinajstić information content (AvgIpc) is 2.64. The van der Waals surface area contributed by atoms with Gasteiger partial charge in [-0.3, -0.25) is 10.00 Å². The number of H-pyrrole nitrogens is 1. The van der Waals surface area contributed by atoms with Gasteiger partial charge in [0.2, 0.25) is 0 Å². The fraction of sp³-hybridized carbons (Fsp3) is 0.833. The highest BCUT2D eigenvalue weighted by molar-refractivity contribution is 4.96.